The van der Waals surface area contributed by atoms with E-state index in [0.717, 1.165) is 0 Å². The molecular weight excluding hydrogens is 124 g/mol. The summed E-state index contributed by atoms with van der Waals surface area (Å²) in [5.74, 6) is 0. The maximum atomic E-state index is 4.94. The molecule has 0 aliphatic rings. The smallest absolute Gasteiger partial charge is 0.0594 e. The van der Waals surface area contributed by atoms with Crippen LogP contribution in [0.2, 0.25) is 0 Å². The van der Waals surface area contributed by atoms with Crippen LogP contribution < -0.4 is 0 Å². The first-order valence-corrected chi connectivity index (χ1v) is 4.11. The minimum absolute atomic E-state index is 0.0417. The number of rotatable bonds is 0. The molecule has 0 N–H and O–H groups in total. The minimum Gasteiger partial charge on any atom is -0.379 e. The van der Waals surface area contributed by atoms with Crippen molar-refractivity contribution < 1.29 is 4.74 Å². The van der Waals surface area contributed by atoms with Gasteiger partial charge in [0, 0.05) is 7.11 Å². The molecule has 0 amide bonds. The molecular formula is C9H24O. The van der Waals surface area contributed by atoms with E-state index in [9.17, 15) is 0 Å². The van der Waals surface area contributed by atoms with Crippen LogP contribution in [0.25, 0.3) is 0 Å². The standard InChI is InChI=1S/C5H12O.2C2H6/c1-5(2,3)6-4;2*1-2/h1-4H3;2*1-2H3. The maximum Gasteiger partial charge on any atom is 0.0594 e. The van der Waals surface area contributed by atoms with Crippen LogP contribution in [-0.2, 0) is 4.74 Å². The van der Waals surface area contributed by atoms with E-state index in [1.54, 1.807) is 7.11 Å². The van der Waals surface area contributed by atoms with Gasteiger partial charge in [-0.25, -0.2) is 0 Å². The van der Waals surface area contributed by atoms with Gasteiger partial charge in [-0.2, -0.15) is 0 Å². The van der Waals surface area contributed by atoms with Crippen LogP contribution in [0.3, 0.4) is 0 Å². The van der Waals surface area contributed by atoms with Gasteiger partial charge < -0.3 is 4.74 Å². The Kier molecular flexibility index (Phi) is 19.3. The molecule has 0 saturated heterocycles. The fraction of sp³-hybridized carbons (Fsp3) is 1.00. The van der Waals surface area contributed by atoms with Crippen LogP contribution in [-0.4, -0.2) is 12.7 Å². The third-order valence-corrected chi connectivity index (χ3v) is 0.612. The van der Waals surface area contributed by atoms with Crippen LogP contribution >= 0.6 is 0 Å². The van der Waals surface area contributed by atoms with Crippen molar-refractivity contribution in [3.05, 3.63) is 0 Å². The number of methoxy groups -OCH3 is 1. The van der Waals surface area contributed by atoms with Gasteiger partial charge >= 0.3 is 0 Å². The molecule has 0 heterocycles. The van der Waals surface area contributed by atoms with Crippen LogP contribution in [0.1, 0.15) is 48.5 Å². The molecule has 0 aliphatic heterocycles. The zero-order valence-electron chi connectivity index (χ0n) is 8.91. The molecule has 1 nitrogen and oxygen atoms in total. The van der Waals surface area contributed by atoms with E-state index in [0.29, 0.717) is 0 Å². The van der Waals surface area contributed by atoms with Gasteiger partial charge in [0.05, 0.1) is 5.60 Å². The van der Waals surface area contributed by atoms with Crippen molar-refractivity contribution in [1.82, 2.24) is 0 Å². The van der Waals surface area contributed by atoms with Crippen molar-refractivity contribution >= 4 is 0 Å². The molecule has 0 aromatic carbocycles. The van der Waals surface area contributed by atoms with E-state index in [1.807, 2.05) is 48.5 Å². The van der Waals surface area contributed by atoms with Crippen LogP contribution in [0.5, 0.6) is 0 Å². The van der Waals surface area contributed by atoms with E-state index >= 15 is 0 Å². The predicted molar refractivity (Wildman–Crippen MR) is 49.5 cm³/mol. The molecule has 0 radical (unpaired) electrons. The van der Waals surface area contributed by atoms with Gasteiger partial charge in [0.2, 0.25) is 0 Å². The van der Waals surface area contributed by atoms with Gasteiger partial charge in [-0.1, -0.05) is 27.7 Å². The summed E-state index contributed by atoms with van der Waals surface area (Å²) in [7, 11) is 1.71. The van der Waals surface area contributed by atoms with Gasteiger partial charge in [0.15, 0.2) is 0 Å². The highest BCUT2D eigenvalue weighted by Crippen LogP contribution is 2.02. The summed E-state index contributed by atoms with van der Waals surface area (Å²) in [6.07, 6.45) is 0. The molecule has 1 heteroatoms. The lowest BCUT2D eigenvalue weighted by Crippen LogP contribution is -2.15. The zero-order chi connectivity index (χ0) is 9.21. The number of hydrogen-bond acceptors (Lipinski definition) is 1. The number of ether oxygens (including phenoxy) is 1. The Morgan fingerprint density at radius 1 is 0.800 bits per heavy atom. The molecule has 66 valence electrons. The molecule has 0 rings (SSSR count). The van der Waals surface area contributed by atoms with E-state index in [4.69, 9.17) is 4.74 Å². The summed E-state index contributed by atoms with van der Waals surface area (Å²) < 4.78 is 4.94. The largest absolute Gasteiger partial charge is 0.379 e. The molecule has 0 bridgehead atoms. The van der Waals surface area contributed by atoms with Crippen molar-refractivity contribution in [3.8, 4) is 0 Å². The van der Waals surface area contributed by atoms with Crippen molar-refractivity contribution in [2.24, 2.45) is 0 Å². The van der Waals surface area contributed by atoms with Gasteiger partial charge in [0.1, 0.15) is 0 Å². The molecule has 0 fully saturated rings. The zero-order valence-corrected chi connectivity index (χ0v) is 8.91. The lowest BCUT2D eigenvalue weighted by molar-refractivity contribution is 0.0397. The average Bonchev–Trinajstić information content (AvgIpc) is 1.95. The molecule has 0 spiro atoms. The molecule has 0 atom stereocenters. The Labute approximate surface area is 66.8 Å². The van der Waals surface area contributed by atoms with Crippen molar-refractivity contribution in [2.75, 3.05) is 7.11 Å². The third-order valence-electron chi connectivity index (χ3n) is 0.612. The van der Waals surface area contributed by atoms with Crippen LogP contribution in [0, 0.1) is 0 Å². The van der Waals surface area contributed by atoms with E-state index in [-0.39, 0.29) is 5.60 Å². The molecule has 10 heavy (non-hydrogen) atoms. The SMILES string of the molecule is CC.CC.COC(C)(C)C. The van der Waals surface area contributed by atoms with Gasteiger partial charge in [-0.05, 0) is 20.8 Å². The molecule has 0 aromatic rings. The van der Waals surface area contributed by atoms with Gasteiger partial charge in [-0.15, -0.1) is 0 Å². The normalized spacial score (nSPS) is 8.40. The minimum atomic E-state index is 0.0417. The van der Waals surface area contributed by atoms with Crippen molar-refractivity contribution in [1.29, 1.82) is 0 Å². The van der Waals surface area contributed by atoms with Crippen molar-refractivity contribution in [3.63, 3.8) is 0 Å². The summed E-state index contributed by atoms with van der Waals surface area (Å²) >= 11 is 0. The maximum absolute atomic E-state index is 4.94. The Balaban J connectivity index is -0.000000105. The molecule has 0 aromatic heterocycles. The molecule has 0 aliphatic carbocycles. The fourth-order valence-corrected chi connectivity index (χ4v) is 0. The first-order valence-electron chi connectivity index (χ1n) is 4.11. The summed E-state index contributed by atoms with van der Waals surface area (Å²) in [5.41, 5.74) is 0.0417. The highest BCUT2D eigenvalue weighted by atomic mass is 16.5. The summed E-state index contributed by atoms with van der Waals surface area (Å²) in [6, 6.07) is 0. The van der Waals surface area contributed by atoms with E-state index < -0.39 is 0 Å². The van der Waals surface area contributed by atoms with Gasteiger partial charge in [-0.3, -0.25) is 0 Å². The fourth-order valence-electron chi connectivity index (χ4n) is 0. The van der Waals surface area contributed by atoms with E-state index in [1.165, 1.54) is 0 Å². The second-order valence-electron chi connectivity index (χ2n) is 2.32. The highest BCUT2D eigenvalue weighted by Gasteiger charge is 2.03. The molecule has 0 unspecified atom stereocenters. The predicted octanol–water partition coefficient (Wildman–Crippen LogP) is 3.48. The van der Waals surface area contributed by atoms with Gasteiger partial charge in [0.25, 0.3) is 0 Å². The van der Waals surface area contributed by atoms with Crippen molar-refractivity contribution in [2.45, 2.75) is 54.1 Å². The Morgan fingerprint density at radius 3 is 0.900 bits per heavy atom. The Morgan fingerprint density at radius 2 is 0.900 bits per heavy atom. The Hall–Kier alpha value is -0.0400. The monoisotopic (exact) mass is 148 g/mol. The average molecular weight is 148 g/mol. The van der Waals surface area contributed by atoms with Crippen LogP contribution in [0.4, 0.5) is 0 Å². The topological polar surface area (TPSA) is 9.23 Å². The summed E-state index contributed by atoms with van der Waals surface area (Å²) in [5, 5.41) is 0. The summed E-state index contributed by atoms with van der Waals surface area (Å²) in [6.45, 7) is 14.1. The first kappa shape index (κ1) is 16.5. The molecule has 0 saturated carbocycles. The second kappa shape index (κ2) is 11.7. The quantitative estimate of drug-likeness (QED) is 0.511. The second-order valence-corrected chi connectivity index (χ2v) is 2.32. The summed E-state index contributed by atoms with van der Waals surface area (Å²) in [4.78, 5) is 0. The Bertz CT molecular complexity index is 34.5. The van der Waals surface area contributed by atoms with Crippen LogP contribution in [0.15, 0.2) is 0 Å². The number of hydrogen-bond donors (Lipinski definition) is 0. The first-order chi connectivity index (χ1) is 4.56. The van der Waals surface area contributed by atoms with E-state index in [2.05, 4.69) is 0 Å². The lowest BCUT2D eigenvalue weighted by Gasteiger charge is -2.14. The highest BCUT2D eigenvalue weighted by molar-refractivity contribution is 4.55. The third kappa shape index (κ3) is 44.0. The lowest BCUT2D eigenvalue weighted by atomic mass is 10.2.